The molecule has 7 nitrogen and oxygen atoms in total. The van der Waals surface area contributed by atoms with E-state index in [1.165, 1.54) is 11.8 Å². The van der Waals surface area contributed by atoms with Gasteiger partial charge >= 0.3 is 0 Å². The minimum Gasteiger partial charge on any atom is -0.350 e. The molecule has 9 heteroatoms. The van der Waals surface area contributed by atoms with Crippen molar-refractivity contribution in [3.63, 3.8) is 0 Å². The highest BCUT2D eigenvalue weighted by Crippen LogP contribution is 2.24. The minimum atomic E-state index is -0.153. The van der Waals surface area contributed by atoms with Crippen molar-refractivity contribution >= 4 is 45.7 Å². The molecule has 0 aliphatic rings. The standard InChI is InChI=1S/C23H19N5O2S2/c1-15-7-2-4-10-18(15)27-21(30)17-9-3-5-11-19(17)28-22(27)25-26-23(28)32-14-20(29)24-13-16-8-6-12-31-16/h2-12H,13-14H2,1H3,(H,24,29). The number of amides is 1. The van der Waals surface area contributed by atoms with Gasteiger partial charge in [-0.2, -0.15) is 0 Å². The van der Waals surface area contributed by atoms with Gasteiger partial charge in [-0.05, 0) is 42.1 Å². The maximum atomic E-state index is 13.4. The van der Waals surface area contributed by atoms with Crippen LogP contribution in [0.15, 0.2) is 76.0 Å². The average molecular weight is 462 g/mol. The summed E-state index contributed by atoms with van der Waals surface area (Å²) < 4.78 is 3.44. The monoisotopic (exact) mass is 461 g/mol. The van der Waals surface area contributed by atoms with Crippen molar-refractivity contribution in [3.05, 3.63) is 86.8 Å². The average Bonchev–Trinajstić information content (AvgIpc) is 3.48. The first-order valence-electron chi connectivity index (χ1n) is 10.0. The lowest BCUT2D eigenvalue weighted by molar-refractivity contribution is -0.118. The topological polar surface area (TPSA) is 81.3 Å². The zero-order chi connectivity index (χ0) is 22.1. The fourth-order valence-electron chi connectivity index (χ4n) is 3.58. The number of carbonyl (C=O) groups is 1. The number of fused-ring (bicyclic) bond motifs is 3. The fourth-order valence-corrected chi connectivity index (χ4v) is 5.00. The summed E-state index contributed by atoms with van der Waals surface area (Å²) >= 11 is 2.90. The van der Waals surface area contributed by atoms with Gasteiger partial charge in [0.25, 0.3) is 5.56 Å². The SMILES string of the molecule is Cc1ccccc1-n1c(=O)c2ccccc2n2c(SCC(=O)NCc3cccs3)nnc12. The predicted molar refractivity (Wildman–Crippen MR) is 128 cm³/mol. The Morgan fingerprint density at radius 1 is 1.06 bits per heavy atom. The Hall–Kier alpha value is -3.43. The lowest BCUT2D eigenvalue weighted by Gasteiger charge is -2.13. The molecule has 160 valence electrons. The molecule has 0 atom stereocenters. The summed E-state index contributed by atoms with van der Waals surface area (Å²) in [6.45, 7) is 2.46. The molecule has 2 aromatic carbocycles. The molecule has 5 aromatic rings. The smallest absolute Gasteiger partial charge is 0.267 e. The van der Waals surface area contributed by atoms with Crippen LogP contribution in [-0.2, 0) is 11.3 Å². The van der Waals surface area contributed by atoms with Crippen LogP contribution < -0.4 is 10.9 Å². The summed E-state index contributed by atoms with van der Waals surface area (Å²) in [6.07, 6.45) is 0. The van der Waals surface area contributed by atoms with Crippen molar-refractivity contribution < 1.29 is 4.79 Å². The molecule has 0 bridgehead atoms. The molecule has 3 aromatic heterocycles. The van der Waals surface area contributed by atoms with Gasteiger partial charge in [-0.25, -0.2) is 4.57 Å². The Morgan fingerprint density at radius 2 is 1.88 bits per heavy atom. The highest BCUT2D eigenvalue weighted by molar-refractivity contribution is 7.99. The number of hydrogen-bond acceptors (Lipinski definition) is 6. The van der Waals surface area contributed by atoms with E-state index in [0.29, 0.717) is 28.4 Å². The highest BCUT2D eigenvalue weighted by atomic mass is 32.2. The number of para-hydroxylation sites is 2. The molecular formula is C23H19N5O2S2. The summed E-state index contributed by atoms with van der Waals surface area (Å²) in [5.74, 6) is 0.533. The molecule has 0 spiro atoms. The Labute approximate surface area is 191 Å². The lowest BCUT2D eigenvalue weighted by Crippen LogP contribution is -2.24. The van der Waals surface area contributed by atoms with Gasteiger partial charge in [-0.15, -0.1) is 21.5 Å². The number of benzene rings is 2. The first kappa shape index (κ1) is 20.5. The maximum absolute atomic E-state index is 13.4. The van der Waals surface area contributed by atoms with Crippen molar-refractivity contribution in [2.45, 2.75) is 18.6 Å². The molecule has 1 amide bonds. The molecule has 3 heterocycles. The zero-order valence-corrected chi connectivity index (χ0v) is 18.8. The maximum Gasteiger partial charge on any atom is 0.267 e. The number of aromatic nitrogens is 4. The van der Waals surface area contributed by atoms with E-state index in [0.717, 1.165) is 16.1 Å². The van der Waals surface area contributed by atoms with Gasteiger partial charge in [0.2, 0.25) is 11.7 Å². The number of hydrogen-bond donors (Lipinski definition) is 1. The van der Waals surface area contributed by atoms with E-state index in [1.807, 2.05) is 71.3 Å². The lowest BCUT2D eigenvalue weighted by atomic mass is 10.2. The van der Waals surface area contributed by atoms with Crippen LogP contribution in [0.1, 0.15) is 10.4 Å². The molecule has 0 saturated heterocycles. The van der Waals surface area contributed by atoms with Gasteiger partial charge in [0.1, 0.15) is 0 Å². The molecule has 0 unspecified atom stereocenters. The summed E-state index contributed by atoms with van der Waals surface area (Å²) in [4.78, 5) is 26.9. The Bertz CT molecular complexity index is 1490. The van der Waals surface area contributed by atoms with Crippen molar-refractivity contribution in [3.8, 4) is 5.69 Å². The second-order valence-electron chi connectivity index (χ2n) is 7.21. The third-order valence-corrected chi connectivity index (χ3v) is 6.93. The van der Waals surface area contributed by atoms with Crippen LogP contribution in [-0.4, -0.2) is 30.8 Å². The second-order valence-corrected chi connectivity index (χ2v) is 9.18. The first-order chi connectivity index (χ1) is 15.6. The molecule has 0 aliphatic carbocycles. The fraction of sp³-hybridized carbons (Fsp3) is 0.130. The third kappa shape index (κ3) is 3.69. The van der Waals surface area contributed by atoms with E-state index in [4.69, 9.17) is 0 Å². The third-order valence-electron chi connectivity index (χ3n) is 5.12. The highest BCUT2D eigenvalue weighted by Gasteiger charge is 2.19. The van der Waals surface area contributed by atoms with E-state index in [-0.39, 0.29) is 17.2 Å². The van der Waals surface area contributed by atoms with Crippen LogP contribution in [0.25, 0.3) is 22.4 Å². The van der Waals surface area contributed by atoms with Crippen molar-refractivity contribution in [1.82, 2.24) is 24.5 Å². The van der Waals surface area contributed by atoms with Gasteiger partial charge in [0.05, 0.1) is 28.9 Å². The number of carbonyl (C=O) groups excluding carboxylic acids is 1. The summed E-state index contributed by atoms with van der Waals surface area (Å²) in [5.41, 5.74) is 2.27. The van der Waals surface area contributed by atoms with Crippen LogP contribution in [0, 0.1) is 6.92 Å². The molecule has 0 saturated carbocycles. The molecule has 5 rings (SSSR count). The normalized spacial score (nSPS) is 11.3. The van der Waals surface area contributed by atoms with E-state index >= 15 is 0 Å². The quantitative estimate of drug-likeness (QED) is 0.389. The van der Waals surface area contributed by atoms with Crippen molar-refractivity contribution in [2.75, 3.05) is 5.75 Å². The Kier molecular flexibility index (Phi) is 5.50. The van der Waals surface area contributed by atoms with Gasteiger partial charge in [0, 0.05) is 4.88 Å². The van der Waals surface area contributed by atoms with Gasteiger partial charge in [-0.3, -0.25) is 14.0 Å². The first-order valence-corrected chi connectivity index (χ1v) is 11.9. The number of thioether (sulfide) groups is 1. The Morgan fingerprint density at radius 3 is 2.69 bits per heavy atom. The van der Waals surface area contributed by atoms with E-state index < -0.39 is 0 Å². The van der Waals surface area contributed by atoms with Crippen LogP contribution in [0.3, 0.4) is 0 Å². The van der Waals surface area contributed by atoms with E-state index in [2.05, 4.69) is 15.5 Å². The van der Waals surface area contributed by atoms with Crippen LogP contribution in [0.2, 0.25) is 0 Å². The molecule has 32 heavy (non-hydrogen) atoms. The van der Waals surface area contributed by atoms with Gasteiger partial charge in [-0.1, -0.05) is 48.2 Å². The summed E-state index contributed by atoms with van der Waals surface area (Å²) in [5, 5.41) is 14.7. The number of thiophene rings is 1. The van der Waals surface area contributed by atoms with E-state index in [1.54, 1.807) is 22.0 Å². The van der Waals surface area contributed by atoms with Gasteiger partial charge < -0.3 is 5.32 Å². The minimum absolute atomic E-state index is 0.0864. The number of rotatable bonds is 6. The Balaban J connectivity index is 1.55. The molecule has 0 radical (unpaired) electrons. The van der Waals surface area contributed by atoms with Crippen LogP contribution in [0.5, 0.6) is 0 Å². The molecular weight excluding hydrogens is 442 g/mol. The van der Waals surface area contributed by atoms with Gasteiger partial charge in [0.15, 0.2) is 5.16 Å². The van der Waals surface area contributed by atoms with Crippen molar-refractivity contribution in [1.29, 1.82) is 0 Å². The summed E-state index contributed by atoms with van der Waals surface area (Å²) in [7, 11) is 0. The van der Waals surface area contributed by atoms with Crippen LogP contribution in [0.4, 0.5) is 0 Å². The summed E-state index contributed by atoms with van der Waals surface area (Å²) in [6, 6.07) is 19.0. The number of aryl methyl sites for hydroxylation is 1. The number of nitrogens with zero attached hydrogens (tertiary/aromatic N) is 4. The largest absolute Gasteiger partial charge is 0.350 e. The predicted octanol–water partition coefficient (Wildman–Crippen LogP) is 3.81. The van der Waals surface area contributed by atoms with E-state index in [9.17, 15) is 9.59 Å². The zero-order valence-electron chi connectivity index (χ0n) is 17.2. The second kappa shape index (κ2) is 8.60. The van der Waals surface area contributed by atoms with Crippen LogP contribution >= 0.6 is 23.1 Å². The molecule has 0 fully saturated rings. The number of nitrogens with one attached hydrogen (secondary N) is 1. The van der Waals surface area contributed by atoms with Crippen molar-refractivity contribution in [2.24, 2.45) is 0 Å². The molecule has 1 N–H and O–H groups in total. The molecule has 0 aliphatic heterocycles.